The van der Waals surface area contributed by atoms with Gasteiger partial charge < -0.3 is 5.11 Å². The lowest BCUT2D eigenvalue weighted by molar-refractivity contribution is -0.146. The van der Waals surface area contributed by atoms with E-state index in [1.165, 1.54) is 12.2 Å². The summed E-state index contributed by atoms with van der Waals surface area (Å²) in [5, 5.41) is 11.2. The quantitative estimate of drug-likeness (QED) is 0.596. The Balaban J connectivity index is 1.78. The zero-order chi connectivity index (χ0) is 19.7. The lowest BCUT2D eigenvalue weighted by atomic mass is 9.46. The Morgan fingerprint density at radius 1 is 1.33 bits per heavy atom. The molecule has 4 nitrogen and oxygen atoms in total. The third-order valence-electron chi connectivity index (χ3n) is 8.24. The number of ketones is 2. The predicted molar refractivity (Wildman–Crippen MR) is 97.4 cm³/mol. The predicted octanol–water partition coefficient (Wildman–Crippen LogP) is 2.84. The summed E-state index contributed by atoms with van der Waals surface area (Å²) >= 11 is 0. The first-order valence-corrected chi connectivity index (χ1v) is 9.90. The standard InChI is InChI=1S/C22H27FO4/c1-11-6-14-13-8-16(23)15-7-12(25)4-5-21(15,2)20(13)17(26)9-22(14,3)19(11)18(27)10-24/h4-5,7,10-11,13-14,16-17,19-20,26H,6,8-9H2,1-3H3/t11?,13-,14-,16?,17?,19+,20+,21-,22-/m0/s1. The van der Waals surface area contributed by atoms with Gasteiger partial charge in [-0.25, -0.2) is 4.39 Å². The van der Waals surface area contributed by atoms with Crippen molar-refractivity contribution in [3.8, 4) is 0 Å². The number of alkyl halides is 1. The molecule has 0 aromatic rings. The van der Waals surface area contributed by atoms with Gasteiger partial charge in [-0.3, -0.25) is 14.4 Å². The third-order valence-corrected chi connectivity index (χ3v) is 8.24. The molecule has 5 heteroatoms. The lowest BCUT2D eigenvalue weighted by Gasteiger charge is -2.59. The molecule has 0 radical (unpaired) electrons. The van der Waals surface area contributed by atoms with Crippen molar-refractivity contribution in [2.24, 2.45) is 40.4 Å². The van der Waals surface area contributed by atoms with E-state index < -0.39 is 34.8 Å². The van der Waals surface area contributed by atoms with Crippen LogP contribution in [0, 0.1) is 40.4 Å². The van der Waals surface area contributed by atoms with E-state index in [0.29, 0.717) is 18.3 Å². The fourth-order valence-corrected chi connectivity index (χ4v) is 7.38. The fraction of sp³-hybridized carbons (Fsp3) is 0.682. The van der Waals surface area contributed by atoms with Gasteiger partial charge in [0.05, 0.1) is 6.10 Å². The number of aldehydes is 1. The number of aliphatic hydroxyl groups excluding tert-OH is 1. The van der Waals surface area contributed by atoms with E-state index in [9.17, 15) is 19.5 Å². The Morgan fingerprint density at radius 2 is 2.04 bits per heavy atom. The number of Topliss-reactive ketones (excluding diaryl/α,β-unsaturated/α-hetero) is 1. The van der Waals surface area contributed by atoms with E-state index in [1.807, 2.05) is 20.8 Å². The molecule has 0 aliphatic heterocycles. The van der Waals surface area contributed by atoms with E-state index in [-0.39, 0.29) is 35.9 Å². The van der Waals surface area contributed by atoms with Crippen molar-refractivity contribution in [2.45, 2.75) is 52.3 Å². The van der Waals surface area contributed by atoms with Gasteiger partial charge in [-0.2, -0.15) is 0 Å². The molecule has 0 spiro atoms. The van der Waals surface area contributed by atoms with E-state index in [2.05, 4.69) is 0 Å². The van der Waals surface area contributed by atoms with Crippen LogP contribution < -0.4 is 0 Å². The molecule has 0 aromatic heterocycles. The molecular weight excluding hydrogens is 347 g/mol. The number of hydrogen-bond donors (Lipinski definition) is 1. The highest BCUT2D eigenvalue weighted by Crippen LogP contribution is 2.67. The van der Waals surface area contributed by atoms with Crippen LogP contribution in [0.25, 0.3) is 0 Å². The SMILES string of the molecule is CC1C[C@H]2[C@@H]3CC(F)C4=CC(=O)C=C[C@]4(C)[C@H]3C(O)C[C@]2(C)[C@H]1C(=O)C=O. The molecule has 1 N–H and O–H groups in total. The highest BCUT2D eigenvalue weighted by atomic mass is 19.1. The van der Waals surface area contributed by atoms with Crippen LogP contribution in [0.4, 0.5) is 4.39 Å². The Labute approximate surface area is 158 Å². The highest BCUT2D eigenvalue weighted by molar-refractivity contribution is 6.26. The zero-order valence-corrected chi connectivity index (χ0v) is 16.0. The van der Waals surface area contributed by atoms with Gasteiger partial charge in [-0.05, 0) is 60.2 Å². The van der Waals surface area contributed by atoms with Gasteiger partial charge in [0.25, 0.3) is 0 Å². The van der Waals surface area contributed by atoms with Crippen LogP contribution in [0.2, 0.25) is 0 Å². The molecule has 3 fully saturated rings. The molecule has 0 heterocycles. The van der Waals surface area contributed by atoms with Crippen LogP contribution in [0.5, 0.6) is 0 Å². The molecule has 4 aliphatic carbocycles. The van der Waals surface area contributed by atoms with Crippen molar-refractivity contribution in [1.82, 2.24) is 0 Å². The fourth-order valence-electron chi connectivity index (χ4n) is 7.38. The van der Waals surface area contributed by atoms with Gasteiger partial charge in [0.15, 0.2) is 17.9 Å². The number of carbonyl (C=O) groups is 3. The van der Waals surface area contributed by atoms with Crippen LogP contribution in [0.15, 0.2) is 23.8 Å². The number of hydrogen-bond acceptors (Lipinski definition) is 4. The number of halogens is 1. The highest BCUT2D eigenvalue weighted by Gasteiger charge is 2.65. The normalized spacial score (nSPS) is 51.1. The summed E-state index contributed by atoms with van der Waals surface area (Å²) in [4.78, 5) is 35.4. The van der Waals surface area contributed by atoms with E-state index in [0.717, 1.165) is 6.42 Å². The summed E-state index contributed by atoms with van der Waals surface area (Å²) in [5.41, 5.74) is -0.707. The Bertz CT molecular complexity index is 770. The number of allylic oxidation sites excluding steroid dienone is 4. The summed E-state index contributed by atoms with van der Waals surface area (Å²) in [5.74, 6) is -1.17. The van der Waals surface area contributed by atoms with Gasteiger partial charge in [-0.15, -0.1) is 0 Å². The van der Waals surface area contributed by atoms with Crippen molar-refractivity contribution in [2.75, 3.05) is 0 Å². The first-order chi connectivity index (χ1) is 12.6. The van der Waals surface area contributed by atoms with Crippen LogP contribution in [0.3, 0.4) is 0 Å². The largest absolute Gasteiger partial charge is 0.393 e. The van der Waals surface area contributed by atoms with E-state index in [4.69, 9.17) is 0 Å². The molecule has 4 aliphatic rings. The Morgan fingerprint density at radius 3 is 2.70 bits per heavy atom. The molecule has 0 amide bonds. The smallest absolute Gasteiger partial charge is 0.199 e. The van der Waals surface area contributed by atoms with E-state index in [1.54, 1.807) is 6.08 Å². The van der Waals surface area contributed by atoms with Crippen LogP contribution in [0.1, 0.15) is 40.0 Å². The molecule has 0 bridgehead atoms. The molecular formula is C22H27FO4. The number of rotatable bonds is 2. The van der Waals surface area contributed by atoms with Crippen molar-refractivity contribution in [1.29, 1.82) is 0 Å². The zero-order valence-electron chi connectivity index (χ0n) is 16.0. The topological polar surface area (TPSA) is 71.4 Å². The molecule has 9 atom stereocenters. The van der Waals surface area contributed by atoms with Gasteiger partial charge in [0.1, 0.15) is 6.17 Å². The third kappa shape index (κ3) is 2.40. The monoisotopic (exact) mass is 374 g/mol. The Kier molecular flexibility index (Phi) is 4.12. The number of aliphatic hydroxyl groups is 1. The first kappa shape index (κ1) is 18.7. The second-order valence-electron chi connectivity index (χ2n) is 9.61. The minimum Gasteiger partial charge on any atom is -0.393 e. The average Bonchev–Trinajstić information content (AvgIpc) is 2.85. The van der Waals surface area contributed by atoms with Crippen molar-refractivity contribution < 1.29 is 23.9 Å². The van der Waals surface area contributed by atoms with Gasteiger partial charge in [-0.1, -0.05) is 26.8 Å². The minimum atomic E-state index is -1.23. The summed E-state index contributed by atoms with van der Waals surface area (Å²) in [6.07, 6.45) is 4.58. The van der Waals surface area contributed by atoms with Gasteiger partial charge in [0, 0.05) is 17.3 Å². The minimum absolute atomic E-state index is 0.0370. The van der Waals surface area contributed by atoms with Gasteiger partial charge >= 0.3 is 0 Å². The van der Waals surface area contributed by atoms with Crippen LogP contribution in [-0.2, 0) is 14.4 Å². The molecule has 3 saturated carbocycles. The molecule has 146 valence electrons. The molecule has 0 saturated heterocycles. The van der Waals surface area contributed by atoms with Crippen molar-refractivity contribution in [3.05, 3.63) is 23.8 Å². The lowest BCUT2D eigenvalue weighted by Crippen LogP contribution is -2.58. The summed E-state index contributed by atoms with van der Waals surface area (Å²) in [7, 11) is 0. The summed E-state index contributed by atoms with van der Waals surface area (Å²) in [6.45, 7) is 5.90. The number of fused-ring (bicyclic) bond motifs is 5. The molecule has 27 heavy (non-hydrogen) atoms. The second kappa shape index (κ2) is 5.94. The molecule has 0 aromatic carbocycles. The maximum absolute atomic E-state index is 15.2. The first-order valence-electron chi connectivity index (χ1n) is 9.90. The average molecular weight is 374 g/mol. The van der Waals surface area contributed by atoms with Gasteiger partial charge in [0.2, 0.25) is 0 Å². The summed E-state index contributed by atoms with van der Waals surface area (Å²) in [6, 6.07) is 0. The van der Waals surface area contributed by atoms with Crippen LogP contribution in [-0.4, -0.2) is 35.2 Å². The van der Waals surface area contributed by atoms with Crippen molar-refractivity contribution >= 4 is 17.9 Å². The van der Waals surface area contributed by atoms with Crippen molar-refractivity contribution in [3.63, 3.8) is 0 Å². The maximum Gasteiger partial charge on any atom is 0.199 e. The molecule has 4 rings (SSSR count). The Hall–Kier alpha value is -1.62. The second-order valence-corrected chi connectivity index (χ2v) is 9.61. The van der Waals surface area contributed by atoms with E-state index >= 15 is 4.39 Å². The number of carbonyl (C=O) groups excluding carboxylic acids is 3. The summed E-state index contributed by atoms with van der Waals surface area (Å²) < 4.78 is 15.2. The molecule has 3 unspecified atom stereocenters. The van der Waals surface area contributed by atoms with Crippen LogP contribution >= 0.6 is 0 Å². The maximum atomic E-state index is 15.2.